The Hall–Kier alpha value is -2.95. The number of methoxy groups -OCH3 is 1. The van der Waals surface area contributed by atoms with Crippen LogP contribution in [-0.4, -0.2) is 13.0 Å². The van der Waals surface area contributed by atoms with Crippen molar-refractivity contribution in [2.75, 3.05) is 7.11 Å². The Morgan fingerprint density at radius 1 is 1.00 bits per heavy atom. The van der Waals surface area contributed by atoms with Gasteiger partial charge in [0.25, 0.3) is 5.91 Å². The second-order valence-electron chi connectivity index (χ2n) is 5.35. The summed E-state index contributed by atoms with van der Waals surface area (Å²) in [6.07, 6.45) is 0. The van der Waals surface area contributed by atoms with E-state index >= 15 is 0 Å². The number of ether oxygens (including phenoxy) is 1. The predicted octanol–water partition coefficient (Wildman–Crippen LogP) is 4.06. The van der Waals surface area contributed by atoms with Crippen molar-refractivity contribution in [3.05, 3.63) is 77.4 Å². The van der Waals surface area contributed by atoms with Crippen LogP contribution in [0.4, 0.5) is 8.78 Å². The maximum atomic E-state index is 13.6. The highest BCUT2D eigenvalue weighted by Gasteiger charge is 2.12. The highest BCUT2D eigenvalue weighted by atomic mass is 19.1. The van der Waals surface area contributed by atoms with E-state index in [1.807, 2.05) is 36.4 Å². The summed E-state index contributed by atoms with van der Waals surface area (Å²) in [5.74, 6) is -1.40. The van der Waals surface area contributed by atoms with E-state index in [4.69, 9.17) is 4.74 Å². The molecule has 0 spiro atoms. The molecule has 0 bridgehead atoms. The van der Waals surface area contributed by atoms with E-state index in [0.29, 0.717) is 6.07 Å². The third kappa shape index (κ3) is 3.35. The molecule has 0 radical (unpaired) electrons. The monoisotopic (exact) mass is 327 g/mol. The summed E-state index contributed by atoms with van der Waals surface area (Å²) in [4.78, 5) is 12.0. The first kappa shape index (κ1) is 15.9. The van der Waals surface area contributed by atoms with Crippen molar-refractivity contribution >= 4 is 16.7 Å². The molecule has 0 heterocycles. The minimum Gasteiger partial charge on any atom is -0.497 e. The summed E-state index contributed by atoms with van der Waals surface area (Å²) in [7, 11) is 1.61. The normalized spacial score (nSPS) is 10.6. The summed E-state index contributed by atoms with van der Waals surface area (Å²) in [5, 5.41) is 4.67. The van der Waals surface area contributed by atoms with Crippen molar-refractivity contribution in [1.82, 2.24) is 5.32 Å². The number of amides is 1. The van der Waals surface area contributed by atoms with Gasteiger partial charge in [-0.1, -0.05) is 18.2 Å². The number of carbonyl (C=O) groups excluding carboxylic acids is 1. The van der Waals surface area contributed by atoms with Crippen LogP contribution in [0, 0.1) is 11.6 Å². The number of fused-ring (bicyclic) bond motifs is 1. The van der Waals surface area contributed by atoms with Crippen molar-refractivity contribution in [3.63, 3.8) is 0 Å². The van der Waals surface area contributed by atoms with Gasteiger partial charge in [0.05, 0.1) is 12.7 Å². The van der Waals surface area contributed by atoms with E-state index in [1.54, 1.807) is 7.11 Å². The van der Waals surface area contributed by atoms with E-state index < -0.39 is 17.5 Å². The molecule has 3 aromatic rings. The van der Waals surface area contributed by atoms with E-state index in [2.05, 4.69) is 5.32 Å². The molecule has 1 N–H and O–H groups in total. The number of halogens is 2. The first-order chi connectivity index (χ1) is 11.6. The topological polar surface area (TPSA) is 38.3 Å². The van der Waals surface area contributed by atoms with Gasteiger partial charge >= 0.3 is 0 Å². The van der Waals surface area contributed by atoms with Crippen LogP contribution in [0.3, 0.4) is 0 Å². The van der Waals surface area contributed by atoms with Crippen molar-refractivity contribution in [3.8, 4) is 5.75 Å². The van der Waals surface area contributed by atoms with E-state index in [-0.39, 0.29) is 12.1 Å². The molecule has 5 heteroatoms. The highest BCUT2D eigenvalue weighted by molar-refractivity contribution is 5.94. The first-order valence-electron chi connectivity index (χ1n) is 7.37. The van der Waals surface area contributed by atoms with Crippen LogP contribution in [0.5, 0.6) is 5.75 Å². The second-order valence-corrected chi connectivity index (χ2v) is 5.35. The molecule has 0 atom stereocenters. The lowest BCUT2D eigenvalue weighted by Crippen LogP contribution is -2.23. The molecular weight excluding hydrogens is 312 g/mol. The van der Waals surface area contributed by atoms with Crippen LogP contribution in [0.25, 0.3) is 10.8 Å². The lowest BCUT2D eigenvalue weighted by Gasteiger charge is -2.08. The molecular formula is C19H15F2NO2. The standard InChI is InChI=1S/C19H15F2NO2/c1-24-16-6-4-13-8-12(2-3-14(13)9-16)11-22-19(23)17-7-5-15(20)10-18(17)21/h2-10H,11H2,1H3,(H,22,23). The quantitative estimate of drug-likeness (QED) is 0.785. The SMILES string of the molecule is COc1ccc2cc(CNC(=O)c3ccc(F)cc3F)ccc2c1. The van der Waals surface area contributed by atoms with Crippen molar-refractivity contribution in [2.45, 2.75) is 6.54 Å². The van der Waals surface area contributed by atoms with Gasteiger partial charge in [-0.25, -0.2) is 8.78 Å². The zero-order valence-corrected chi connectivity index (χ0v) is 13.0. The second kappa shape index (κ2) is 6.66. The van der Waals surface area contributed by atoms with Crippen LogP contribution >= 0.6 is 0 Å². The van der Waals surface area contributed by atoms with Crippen molar-refractivity contribution < 1.29 is 18.3 Å². The van der Waals surface area contributed by atoms with Crippen LogP contribution < -0.4 is 10.1 Å². The fraction of sp³-hybridized carbons (Fsp3) is 0.105. The van der Waals surface area contributed by atoms with Gasteiger partial charge in [0.15, 0.2) is 0 Å². The minimum absolute atomic E-state index is 0.179. The Balaban J connectivity index is 1.74. The van der Waals surface area contributed by atoms with Crippen molar-refractivity contribution in [1.29, 1.82) is 0 Å². The van der Waals surface area contributed by atoms with Gasteiger partial charge < -0.3 is 10.1 Å². The van der Waals surface area contributed by atoms with Crippen LogP contribution in [0.15, 0.2) is 54.6 Å². The third-order valence-electron chi connectivity index (χ3n) is 3.74. The van der Waals surface area contributed by atoms with Gasteiger partial charge in [-0.15, -0.1) is 0 Å². The molecule has 0 aliphatic heterocycles. The number of benzene rings is 3. The number of hydrogen-bond donors (Lipinski definition) is 1. The lowest BCUT2D eigenvalue weighted by atomic mass is 10.1. The number of nitrogens with one attached hydrogen (secondary N) is 1. The van der Waals surface area contributed by atoms with Crippen LogP contribution in [-0.2, 0) is 6.54 Å². The third-order valence-corrected chi connectivity index (χ3v) is 3.74. The Kier molecular flexibility index (Phi) is 4.42. The van der Waals surface area contributed by atoms with Gasteiger partial charge in [0.2, 0.25) is 0 Å². The number of carbonyl (C=O) groups is 1. The summed E-state index contributed by atoms with van der Waals surface area (Å²) in [6, 6.07) is 14.3. The number of rotatable bonds is 4. The molecule has 3 aromatic carbocycles. The molecule has 0 fully saturated rings. The smallest absolute Gasteiger partial charge is 0.254 e. The van der Waals surface area contributed by atoms with E-state index in [9.17, 15) is 13.6 Å². The minimum atomic E-state index is -0.877. The maximum Gasteiger partial charge on any atom is 0.254 e. The summed E-state index contributed by atoms with van der Waals surface area (Å²) >= 11 is 0. The molecule has 122 valence electrons. The molecule has 0 aliphatic rings. The fourth-order valence-corrected chi connectivity index (χ4v) is 2.46. The Morgan fingerprint density at radius 3 is 2.50 bits per heavy atom. The highest BCUT2D eigenvalue weighted by Crippen LogP contribution is 2.22. The zero-order valence-electron chi connectivity index (χ0n) is 13.0. The van der Waals surface area contributed by atoms with Gasteiger partial charge in [-0.2, -0.15) is 0 Å². The van der Waals surface area contributed by atoms with Gasteiger partial charge in [0.1, 0.15) is 17.4 Å². The molecule has 0 unspecified atom stereocenters. The lowest BCUT2D eigenvalue weighted by molar-refractivity contribution is 0.0947. The predicted molar refractivity (Wildman–Crippen MR) is 88.0 cm³/mol. The van der Waals surface area contributed by atoms with E-state index in [0.717, 1.165) is 34.2 Å². The van der Waals surface area contributed by atoms with E-state index in [1.165, 1.54) is 0 Å². The maximum absolute atomic E-state index is 13.6. The molecule has 3 rings (SSSR count). The summed E-state index contributed by atoms with van der Waals surface area (Å²) in [5.41, 5.74) is 0.700. The molecule has 3 nitrogen and oxygen atoms in total. The average molecular weight is 327 g/mol. The number of hydrogen-bond acceptors (Lipinski definition) is 2. The Labute approximate surface area is 137 Å². The molecule has 0 saturated heterocycles. The largest absolute Gasteiger partial charge is 0.497 e. The molecule has 0 aromatic heterocycles. The zero-order chi connectivity index (χ0) is 17.1. The van der Waals surface area contributed by atoms with Crippen molar-refractivity contribution in [2.24, 2.45) is 0 Å². The molecule has 1 amide bonds. The Bertz CT molecular complexity index is 909. The fourth-order valence-electron chi connectivity index (χ4n) is 2.46. The van der Waals surface area contributed by atoms with Crippen LogP contribution in [0.2, 0.25) is 0 Å². The Morgan fingerprint density at radius 2 is 1.75 bits per heavy atom. The summed E-state index contributed by atoms with van der Waals surface area (Å²) < 4.78 is 31.7. The van der Waals surface area contributed by atoms with Gasteiger partial charge in [0, 0.05) is 12.6 Å². The summed E-state index contributed by atoms with van der Waals surface area (Å²) in [6.45, 7) is 0.248. The van der Waals surface area contributed by atoms with Crippen LogP contribution in [0.1, 0.15) is 15.9 Å². The molecule has 0 saturated carbocycles. The van der Waals surface area contributed by atoms with Gasteiger partial charge in [-0.05, 0) is 46.7 Å². The molecule has 0 aliphatic carbocycles. The first-order valence-corrected chi connectivity index (χ1v) is 7.37. The average Bonchev–Trinajstić information content (AvgIpc) is 2.59. The van der Waals surface area contributed by atoms with Gasteiger partial charge in [-0.3, -0.25) is 4.79 Å². The molecule has 24 heavy (non-hydrogen) atoms.